The molecule has 116 valence electrons. The minimum Gasteiger partial charge on any atom is -0.337 e. The first-order chi connectivity index (χ1) is 10.7. The minimum absolute atomic E-state index is 0.0274. The Kier molecular flexibility index (Phi) is 4.20. The molecule has 5 nitrogen and oxygen atoms in total. The lowest BCUT2D eigenvalue weighted by Gasteiger charge is -2.17. The van der Waals surface area contributed by atoms with Gasteiger partial charge in [-0.15, -0.1) is 0 Å². The van der Waals surface area contributed by atoms with Gasteiger partial charge in [-0.05, 0) is 50.2 Å². The molecule has 3 rings (SSSR count). The second kappa shape index (κ2) is 6.27. The molecule has 0 saturated carbocycles. The summed E-state index contributed by atoms with van der Waals surface area (Å²) in [5.74, 6) is 0.169. The van der Waals surface area contributed by atoms with E-state index in [4.69, 9.17) is 0 Å². The SMILES string of the molecule is CNCC1CCN(C(=O)c2cncn2-c2ccc(F)cc2)C1. The highest BCUT2D eigenvalue weighted by molar-refractivity contribution is 5.93. The van der Waals surface area contributed by atoms with Crippen LogP contribution in [0.3, 0.4) is 0 Å². The van der Waals surface area contributed by atoms with Crippen molar-refractivity contribution in [3.05, 3.63) is 48.3 Å². The van der Waals surface area contributed by atoms with Gasteiger partial charge in [-0.3, -0.25) is 9.36 Å². The number of hydrogen-bond acceptors (Lipinski definition) is 3. The zero-order valence-corrected chi connectivity index (χ0v) is 12.5. The predicted molar refractivity (Wildman–Crippen MR) is 81.5 cm³/mol. The molecule has 1 saturated heterocycles. The maximum atomic E-state index is 13.0. The third kappa shape index (κ3) is 2.87. The van der Waals surface area contributed by atoms with E-state index in [2.05, 4.69) is 10.3 Å². The average molecular weight is 302 g/mol. The summed E-state index contributed by atoms with van der Waals surface area (Å²) in [6, 6.07) is 6.04. The highest BCUT2D eigenvalue weighted by Gasteiger charge is 2.28. The van der Waals surface area contributed by atoms with Crippen molar-refractivity contribution in [3.63, 3.8) is 0 Å². The number of carbonyl (C=O) groups is 1. The second-order valence-corrected chi connectivity index (χ2v) is 5.59. The largest absolute Gasteiger partial charge is 0.337 e. The first kappa shape index (κ1) is 14.7. The molecule has 1 unspecified atom stereocenters. The van der Waals surface area contributed by atoms with Crippen molar-refractivity contribution in [3.8, 4) is 5.69 Å². The van der Waals surface area contributed by atoms with Crippen molar-refractivity contribution < 1.29 is 9.18 Å². The van der Waals surface area contributed by atoms with Gasteiger partial charge in [0.1, 0.15) is 11.5 Å². The van der Waals surface area contributed by atoms with Crippen molar-refractivity contribution in [2.24, 2.45) is 5.92 Å². The third-order valence-corrected chi connectivity index (χ3v) is 4.03. The number of rotatable bonds is 4. The number of hydrogen-bond donors (Lipinski definition) is 1. The van der Waals surface area contributed by atoms with Crippen LogP contribution in [0.25, 0.3) is 5.69 Å². The summed E-state index contributed by atoms with van der Waals surface area (Å²) in [6.07, 6.45) is 4.16. The van der Waals surface area contributed by atoms with Gasteiger partial charge in [-0.1, -0.05) is 0 Å². The second-order valence-electron chi connectivity index (χ2n) is 5.59. The van der Waals surface area contributed by atoms with Gasteiger partial charge >= 0.3 is 0 Å². The lowest BCUT2D eigenvalue weighted by atomic mass is 10.1. The van der Waals surface area contributed by atoms with Crippen LogP contribution in [-0.2, 0) is 0 Å². The molecule has 1 aromatic carbocycles. The molecule has 1 aromatic heterocycles. The van der Waals surface area contributed by atoms with Crippen LogP contribution >= 0.6 is 0 Å². The summed E-state index contributed by atoms with van der Waals surface area (Å²) < 4.78 is 14.7. The van der Waals surface area contributed by atoms with Crippen molar-refractivity contribution in [2.45, 2.75) is 6.42 Å². The van der Waals surface area contributed by atoms with Crippen LogP contribution in [0.4, 0.5) is 4.39 Å². The molecule has 1 fully saturated rings. The molecule has 1 N–H and O–H groups in total. The van der Waals surface area contributed by atoms with E-state index < -0.39 is 0 Å². The van der Waals surface area contributed by atoms with Gasteiger partial charge in [-0.2, -0.15) is 0 Å². The number of amides is 1. The zero-order valence-electron chi connectivity index (χ0n) is 12.5. The van der Waals surface area contributed by atoms with E-state index in [1.165, 1.54) is 12.1 Å². The molecule has 1 amide bonds. The maximum absolute atomic E-state index is 13.0. The van der Waals surface area contributed by atoms with E-state index in [1.807, 2.05) is 11.9 Å². The molecule has 1 atom stereocenters. The molecular formula is C16H19FN4O. The molecule has 22 heavy (non-hydrogen) atoms. The van der Waals surface area contributed by atoms with Crippen molar-refractivity contribution in [2.75, 3.05) is 26.7 Å². The Labute approximate surface area is 128 Å². The zero-order chi connectivity index (χ0) is 15.5. The standard InChI is InChI=1S/C16H19FN4O/c1-18-8-12-6-7-20(10-12)16(22)15-9-19-11-21(15)14-4-2-13(17)3-5-14/h2-5,9,11-12,18H,6-8,10H2,1H3. The number of imidazole rings is 1. The number of aromatic nitrogens is 2. The van der Waals surface area contributed by atoms with Gasteiger partial charge in [0.25, 0.3) is 5.91 Å². The summed E-state index contributed by atoms with van der Waals surface area (Å²) in [6.45, 7) is 2.44. The lowest BCUT2D eigenvalue weighted by molar-refractivity contribution is 0.0779. The molecule has 0 spiro atoms. The van der Waals surface area contributed by atoms with Crippen molar-refractivity contribution in [1.29, 1.82) is 0 Å². The van der Waals surface area contributed by atoms with Gasteiger partial charge in [0, 0.05) is 18.8 Å². The number of nitrogens with one attached hydrogen (secondary N) is 1. The van der Waals surface area contributed by atoms with Gasteiger partial charge < -0.3 is 10.2 Å². The van der Waals surface area contributed by atoms with Crippen LogP contribution in [0.5, 0.6) is 0 Å². The fourth-order valence-electron chi connectivity index (χ4n) is 2.90. The van der Waals surface area contributed by atoms with Crippen LogP contribution < -0.4 is 5.32 Å². The number of nitrogens with zero attached hydrogens (tertiary/aromatic N) is 3. The Balaban J connectivity index is 1.80. The van der Waals surface area contributed by atoms with Crippen LogP contribution in [0, 0.1) is 11.7 Å². The van der Waals surface area contributed by atoms with Gasteiger partial charge in [0.15, 0.2) is 0 Å². The maximum Gasteiger partial charge on any atom is 0.272 e. The first-order valence-corrected chi connectivity index (χ1v) is 7.41. The molecule has 2 aromatic rings. The number of likely N-dealkylation sites (tertiary alicyclic amines) is 1. The van der Waals surface area contributed by atoms with Crippen molar-refractivity contribution >= 4 is 5.91 Å². The Morgan fingerprint density at radius 2 is 2.18 bits per heavy atom. The van der Waals surface area contributed by atoms with Crippen LogP contribution in [0.2, 0.25) is 0 Å². The average Bonchev–Trinajstić information content (AvgIpc) is 3.17. The molecule has 0 aliphatic carbocycles. The third-order valence-electron chi connectivity index (χ3n) is 4.03. The highest BCUT2D eigenvalue weighted by Crippen LogP contribution is 2.20. The van der Waals surface area contributed by atoms with E-state index in [1.54, 1.807) is 29.2 Å². The Morgan fingerprint density at radius 1 is 1.41 bits per heavy atom. The number of halogens is 1. The molecule has 1 aliphatic heterocycles. The monoisotopic (exact) mass is 302 g/mol. The summed E-state index contributed by atoms with van der Waals surface area (Å²) >= 11 is 0. The number of carbonyl (C=O) groups excluding carboxylic acids is 1. The van der Waals surface area contributed by atoms with E-state index in [9.17, 15) is 9.18 Å². The normalized spacial score (nSPS) is 17.9. The lowest BCUT2D eigenvalue weighted by Crippen LogP contribution is -2.31. The molecule has 6 heteroatoms. The molecule has 2 heterocycles. The Hall–Kier alpha value is -2.21. The minimum atomic E-state index is -0.300. The first-order valence-electron chi connectivity index (χ1n) is 7.41. The predicted octanol–water partition coefficient (Wildman–Crippen LogP) is 1.69. The Morgan fingerprint density at radius 3 is 2.91 bits per heavy atom. The van der Waals surface area contributed by atoms with Crippen LogP contribution in [0.1, 0.15) is 16.9 Å². The van der Waals surface area contributed by atoms with Crippen LogP contribution in [0.15, 0.2) is 36.8 Å². The highest BCUT2D eigenvalue weighted by atomic mass is 19.1. The van der Waals surface area contributed by atoms with Gasteiger partial charge in [0.05, 0.1) is 12.5 Å². The summed E-state index contributed by atoms with van der Waals surface area (Å²) in [5.41, 5.74) is 1.24. The van der Waals surface area contributed by atoms with Crippen LogP contribution in [-0.4, -0.2) is 47.0 Å². The fraction of sp³-hybridized carbons (Fsp3) is 0.375. The van der Waals surface area contributed by atoms with E-state index in [0.29, 0.717) is 11.6 Å². The number of benzene rings is 1. The molecule has 0 radical (unpaired) electrons. The smallest absolute Gasteiger partial charge is 0.272 e. The summed E-state index contributed by atoms with van der Waals surface area (Å²) in [4.78, 5) is 18.6. The molecular weight excluding hydrogens is 283 g/mol. The van der Waals surface area contributed by atoms with Gasteiger partial charge in [-0.25, -0.2) is 9.37 Å². The van der Waals surface area contributed by atoms with E-state index >= 15 is 0 Å². The summed E-state index contributed by atoms with van der Waals surface area (Å²) in [7, 11) is 1.92. The molecule has 1 aliphatic rings. The fourth-order valence-corrected chi connectivity index (χ4v) is 2.90. The quantitative estimate of drug-likeness (QED) is 0.935. The van der Waals surface area contributed by atoms with Crippen molar-refractivity contribution in [1.82, 2.24) is 19.8 Å². The topological polar surface area (TPSA) is 50.2 Å². The van der Waals surface area contributed by atoms with Gasteiger partial charge in [0.2, 0.25) is 0 Å². The van der Waals surface area contributed by atoms with E-state index in [0.717, 1.165) is 31.7 Å². The molecule has 0 bridgehead atoms. The Bertz CT molecular complexity index is 652. The summed E-state index contributed by atoms with van der Waals surface area (Å²) in [5, 5.41) is 3.16. The van der Waals surface area contributed by atoms with E-state index in [-0.39, 0.29) is 11.7 Å².